The third-order valence-corrected chi connectivity index (χ3v) is 2.72. The van der Waals surface area contributed by atoms with Gasteiger partial charge in [-0.25, -0.2) is 4.63 Å². The molecular weight excluding hydrogens is 246 g/mol. The fourth-order valence-corrected chi connectivity index (χ4v) is 1.67. The van der Waals surface area contributed by atoms with E-state index in [-0.39, 0.29) is 23.0 Å². The van der Waals surface area contributed by atoms with Gasteiger partial charge in [-0.15, -0.1) is 0 Å². The van der Waals surface area contributed by atoms with Crippen molar-refractivity contribution in [1.29, 1.82) is 0 Å². The summed E-state index contributed by atoms with van der Waals surface area (Å²) in [6.07, 6.45) is 0.974. The summed E-state index contributed by atoms with van der Waals surface area (Å²) in [5.41, 5.74) is 2.45. The number of aryl methyl sites for hydroxylation is 1. The smallest absolute Gasteiger partial charge is 0.257 e. The molecule has 0 atom stereocenters. The second-order valence-electron chi connectivity index (χ2n) is 3.98. The maximum Gasteiger partial charge on any atom is 0.257 e. The van der Waals surface area contributed by atoms with Crippen LogP contribution >= 0.6 is 0 Å². The molecule has 0 saturated carbocycles. The topological polar surface area (TPSA) is 97.0 Å². The fraction of sp³-hybridized carbons (Fsp3) is 0.167. The van der Waals surface area contributed by atoms with Crippen molar-refractivity contribution in [1.82, 2.24) is 20.3 Å². The van der Waals surface area contributed by atoms with E-state index in [1.807, 2.05) is 24.3 Å². The van der Waals surface area contributed by atoms with Crippen LogP contribution in [0.4, 0.5) is 11.5 Å². The molecule has 2 heterocycles. The van der Waals surface area contributed by atoms with E-state index >= 15 is 0 Å². The lowest BCUT2D eigenvalue weighted by Gasteiger charge is -2.06. The minimum Gasteiger partial charge on any atom is -0.491 e. The first-order valence-electron chi connectivity index (χ1n) is 5.81. The summed E-state index contributed by atoms with van der Waals surface area (Å²) >= 11 is 0. The number of rotatable bonds is 3. The predicted molar refractivity (Wildman–Crippen MR) is 68.2 cm³/mol. The molecule has 0 bridgehead atoms. The molecule has 0 aliphatic carbocycles. The van der Waals surface area contributed by atoms with Gasteiger partial charge in [0.05, 0.1) is 0 Å². The molecule has 0 fully saturated rings. The Hall–Kier alpha value is -2.70. The second kappa shape index (κ2) is 4.52. The average molecular weight is 257 g/mol. The van der Waals surface area contributed by atoms with Gasteiger partial charge in [0.25, 0.3) is 5.88 Å². The van der Waals surface area contributed by atoms with Crippen LogP contribution in [0.15, 0.2) is 28.9 Å². The number of benzene rings is 1. The van der Waals surface area contributed by atoms with Gasteiger partial charge >= 0.3 is 0 Å². The number of aromatic hydroxyl groups is 1. The molecule has 0 aliphatic heterocycles. The third-order valence-electron chi connectivity index (χ3n) is 2.72. The fourth-order valence-electron chi connectivity index (χ4n) is 1.67. The van der Waals surface area contributed by atoms with Gasteiger partial charge < -0.3 is 10.4 Å². The summed E-state index contributed by atoms with van der Waals surface area (Å²) in [4.78, 5) is 7.91. The van der Waals surface area contributed by atoms with Gasteiger partial charge in [0, 0.05) is 5.69 Å². The van der Waals surface area contributed by atoms with Crippen molar-refractivity contribution in [2.75, 3.05) is 5.32 Å². The zero-order valence-electron chi connectivity index (χ0n) is 10.2. The first-order valence-corrected chi connectivity index (χ1v) is 5.81. The summed E-state index contributed by atoms with van der Waals surface area (Å²) in [6, 6.07) is 7.82. The number of fused-ring (bicyclic) bond motifs is 1. The summed E-state index contributed by atoms with van der Waals surface area (Å²) in [5, 5.41) is 19.8. The molecule has 2 N–H and O–H groups in total. The van der Waals surface area contributed by atoms with Crippen molar-refractivity contribution >= 4 is 22.8 Å². The molecule has 0 saturated heterocycles. The predicted octanol–water partition coefficient (Wildman–Crippen LogP) is 2.02. The Bertz CT molecular complexity index is 708. The highest BCUT2D eigenvalue weighted by Gasteiger charge is 2.11. The SMILES string of the molecule is CCc1ccc(Nc2nc3nonc3nc2O)cc1. The van der Waals surface area contributed by atoms with Crippen molar-refractivity contribution < 1.29 is 9.74 Å². The van der Waals surface area contributed by atoms with Crippen LogP contribution in [0.1, 0.15) is 12.5 Å². The summed E-state index contributed by atoms with van der Waals surface area (Å²) in [5.74, 6) is -0.0322. The van der Waals surface area contributed by atoms with Gasteiger partial charge in [-0.3, -0.25) is 0 Å². The molecule has 1 aromatic carbocycles. The lowest BCUT2D eigenvalue weighted by atomic mass is 10.1. The Morgan fingerprint density at radius 3 is 2.47 bits per heavy atom. The minimum absolute atomic E-state index is 0.171. The van der Waals surface area contributed by atoms with E-state index < -0.39 is 0 Å². The Morgan fingerprint density at radius 2 is 1.79 bits per heavy atom. The Labute approximate surface area is 108 Å². The normalized spacial score (nSPS) is 10.8. The van der Waals surface area contributed by atoms with Crippen molar-refractivity contribution in [2.45, 2.75) is 13.3 Å². The summed E-state index contributed by atoms with van der Waals surface area (Å²) < 4.78 is 4.49. The van der Waals surface area contributed by atoms with Gasteiger partial charge in [0.15, 0.2) is 5.82 Å². The van der Waals surface area contributed by atoms with E-state index in [1.165, 1.54) is 5.56 Å². The lowest BCUT2D eigenvalue weighted by Crippen LogP contribution is -1.96. The van der Waals surface area contributed by atoms with Crippen LogP contribution < -0.4 is 5.32 Å². The molecule has 3 rings (SSSR count). The number of anilines is 2. The van der Waals surface area contributed by atoms with Crippen LogP contribution in [0.2, 0.25) is 0 Å². The number of nitrogens with one attached hydrogen (secondary N) is 1. The van der Waals surface area contributed by atoms with Gasteiger partial charge in [-0.2, -0.15) is 9.97 Å². The van der Waals surface area contributed by atoms with Crippen LogP contribution in [-0.2, 0) is 6.42 Å². The molecule has 0 aliphatic rings. The number of hydrogen-bond donors (Lipinski definition) is 2. The van der Waals surface area contributed by atoms with E-state index in [1.54, 1.807) is 0 Å². The average Bonchev–Trinajstić information content (AvgIpc) is 2.87. The van der Waals surface area contributed by atoms with Gasteiger partial charge in [0.1, 0.15) is 0 Å². The first kappa shape index (κ1) is 11.4. The van der Waals surface area contributed by atoms with E-state index in [0.29, 0.717) is 0 Å². The number of aromatic nitrogens is 4. The highest BCUT2D eigenvalue weighted by atomic mass is 16.6. The Morgan fingerprint density at radius 1 is 1.11 bits per heavy atom. The van der Waals surface area contributed by atoms with Crippen LogP contribution in [0, 0.1) is 0 Å². The Kier molecular flexibility index (Phi) is 2.71. The molecule has 7 heteroatoms. The molecule has 0 amide bonds. The quantitative estimate of drug-likeness (QED) is 0.740. The summed E-state index contributed by atoms with van der Waals surface area (Å²) in [7, 11) is 0. The third kappa shape index (κ3) is 2.17. The molecule has 96 valence electrons. The molecule has 0 spiro atoms. The van der Waals surface area contributed by atoms with E-state index in [4.69, 9.17) is 0 Å². The molecule has 0 radical (unpaired) electrons. The molecular formula is C12H11N5O2. The van der Waals surface area contributed by atoms with Crippen molar-refractivity contribution in [2.24, 2.45) is 0 Å². The highest BCUT2D eigenvalue weighted by Crippen LogP contribution is 2.24. The summed E-state index contributed by atoms with van der Waals surface area (Å²) in [6.45, 7) is 2.09. The van der Waals surface area contributed by atoms with E-state index in [0.717, 1.165) is 12.1 Å². The maximum absolute atomic E-state index is 9.74. The lowest BCUT2D eigenvalue weighted by molar-refractivity contribution is 0.314. The molecule has 3 aromatic rings. The highest BCUT2D eigenvalue weighted by molar-refractivity contribution is 5.70. The minimum atomic E-state index is -0.247. The zero-order chi connectivity index (χ0) is 13.2. The van der Waals surface area contributed by atoms with Gasteiger partial charge in [-0.05, 0) is 34.4 Å². The first-order chi connectivity index (χ1) is 9.26. The zero-order valence-corrected chi connectivity index (χ0v) is 10.2. The molecule has 0 unspecified atom stereocenters. The van der Waals surface area contributed by atoms with Crippen LogP contribution in [0.25, 0.3) is 11.3 Å². The van der Waals surface area contributed by atoms with Crippen molar-refractivity contribution in [3.8, 4) is 5.88 Å². The van der Waals surface area contributed by atoms with Crippen molar-refractivity contribution in [3.63, 3.8) is 0 Å². The van der Waals surface area contributed by atoms with Gasteiger partial charge in [-0.1, -0.05) is 19.1 Å². The van der Waals surface area contributed by atoms with Crippen molar-refractivity contribution in [3.05, 3.63) is 29.8 Å². The van der Waals surface area contributed by atoms with Crippen LogP contribution in [0.5, 0.6) is 5.88 Å². The van der Waals surface area contributed by atoms with E-state index in [2.05, 4.69) is 37.2 Å². The van der Waals surface area contributed by atoms with Crippen LogP contribution in [0.3, 0.4) is 0 Å². The molecule has 19 heavy (non-hydrogen) atoms. The van der Waals surface area contributed by atoms with Gasteiger partial charge in [0.2, 0.25) is 11.3 Å². The largest absolute Gasteiger partial charge is 0.491 e. The molecule has 7 nitrogen and oxygen atoms in total. The number of hydrogen-bond acceptors (Lipinski definition) is 7. The monoisotopic (exact) mass is 257 g/mol. The van der Waals surface area contributed by atoms with E-state index in [9.17, 15) is 5.11 Å². The maximum atomic E-state index is 9.74. The Balaban J connectivity index is 1.92. The molecule has 2 aromatic heterocycles. The standard InChI is InChI=1S/C12H11N5O2/c1-2-7-3-5-8(6-4-7)13-11-12(18)15-10-9(14-11)16-19-17-10/h3-6H,2H2,1H3,(H,13,14,16)(H,15,17,18). The second-order valence-corrected chi connectivity index (χ2v) is 3.98. The van der Waals surface area contributed by atoms with Crippen LogP contribution in [-0.4, -0.2) is 25.4 Å². The number of nitrogens with zero attached hydrogens (tertiary/aromatic N) is 4.